The molecule has 3 aliphatic rings. The molecule has 0 bridgehead atoms. The van der Waals surface area contributed by atoms with Gasteiger partial charge in [0.25, 0.3) is 0 Å². The summed E-state index contributed by atoms with van der Waals surface area (Å²) < 4.78 is 17.0. The van der Waals surface area contributed by atoms with E-state index in [2.05, 4.69) is 13.2 Å². The Labute approximate surface area is 142 Å². The normalized spacial score (nSPS) is 38.4. The highest BCUT2D eigenvalue weighted by atomic mass is 16.6. The topological polar surface area (TPSA) is 65.1 Å². The molecule has 2 saturated heterocycles. The summed E-state index contributed by atoms with van der Waals surface area (Å²) in [6.07, 6.45) is 3.43. The zero-order valence-corrected chi connectivity index (χ0v) is 14.5. The average molecular weight is 332 g/mol. The highest BCUT2D eigenvalue weighted by Gasteiger charge is 2.56. The van der Waals surface area contributed by atoms with Crippen LogP contribution in [0.2, 0.25) is 0 Å². The Morgan fingerprint density at radius 3 is 2.83 bits per heavy atom. The van der Waals surface area contributed by atoms with Gasteiger partial charge in [0.2, 0.25) is 0 Å². The molecule has 0 aromatic rings. The number of fused-ring (bicyclic) bond motifs is 2. The van der Waals surface area contributed by atoms with E-state index in [9.17, 15) is 9.59 Å². The van der Waals surface area contributed by atoms with Crippen LogP contribution in [0.1, 0.15) is 40.0 Å². The Morgan fingerprint density at radius 2 is 2.17 bits per heavy atom. The second-order valence-corrected chi connectivity index (χ2v) is 7.32. The van der Waals surface area contributed by atoms with E-state index in [1.165, 1.54) is 0 Å². The maximum Gasteiger partial charge on any atom is 0.334 e. The van der Waals surface area contributed by atoms with Gasteiger partial charge in [-0.3, -0.25) is 0 Å². The first-order chi connectivity index (χ1) is 11.2. The largest absolute Gasteiger partial charge is 0.458 e. The van der Waals surface area contributed by atoms with Gasteiger partial charge in [-0.2, -0.15) is 0 Å². The zero-order valence-electron chi connectivity index (χ0n) is 14.5. The Balaban J connectivity index is 1.95. The standard InChI is InChI=1S/C19H24O5/c1-10(2)17(20)23-14-9-19(5)15(24-19)7-6-11(3)8-13-16(14)12(4)18(21)22-13/h8,13-16H,1,4,6-7,9H2,2-3,5H3. The first-order valence-corrected chi connectivity index (χ1v) is 8.32. The van der Waals surface area contributed by atoms with Gasteiger partial charge in [0, 0.05) is 17.6 Å². The maximum absolute atomic E-state index is 12.1. The second-order valence-electron chi connectivity index (χ2n) is 7.32. The molecular formula is C19H24O5. The van der Waals surface area contributed by atoms with Crippen molar-refractivity contribution in [2.24, 2.45) is 5.92 Å². The molecule has 5 heteroatoms. The molecule has 2 aliphatic heterocycles. The third kappa shape index (κ3) is 3.05. The van der Waals surface area contributed by atoms with E-state index >= 15 is 0 Å². The van der Waals surface area contributed by atoms with Crippen molar-refractivity contribution in [1.82, 2.24) is 0 Å². The lowest BCUT2D eigenvalue weighted by Gasteiger charge is -2.28. The van der Waals surface area contributed by atoms with Crippen LogP contribution in [0.5, 0.6) is 0 Å². The second kappa shape index (κ2) is 5.88. The molecule has 0 amide bonds. The number of hydrogen-bond acceptors (Lipinski definition) is 5. The Kier molecular flexibility index (Phi) is 4.16. The number of esters is 2. The molecule has 0 spiro atoms. The number of carbonyl (C=O) groups excluding carboxylic acids is 2. The van der Waals surface area contributed by atoms with E-state index in [0.717, 1.165) is 18.4 Å². The van der Waals surface area contributed by atoms with Gasteiger partial charge in [-0.15, -0.1) is 0 Å². The third-order valence-corrected chi connectivity index (χ3v) is 5.16. The van der Waals surface area contributed by atoms with Crippen LogP contribution in [0, 0.1) is 5.92 Å². The summed E-state index contributed by atoms with van der Waals surface area (Å²) in [4.78, 5) is 24.1. The van der Waals surface area contributed by atoms with Crippen LogP contribution in [-0.4, -0.2) is 35.9 Å². The summed E-state index contributed by atoms with van der Waals surface area (Å²) in [5.41, 5.74) is 1.47. The summed E-state index contributed by atoms with van der Waals surface area (Å²) in [5, 5.41) is 0. The molecule has 2 heterocycles. The molecule has 5 nitrogen and oxygen atoms in total. The van der Waals surface area contributed by atoms with Crippen LogP contribution in [0.4, 0.5) is 0 Å². The predicted molar refractivity (Wildman–Crippen MR) is 88.1 cm³/mol. The molecule has 0 saturated carbocycles. The summed E-state index contributed by atoms with van der Waals surface area (Å²) in [7, 11) is 0. The van der Waals surface area contributed by atoms with Gasteiger partial charge < -0.3 is 14.2 Å². The van der Waals surface area contributed by atoms with Crippen LogP contribution in [0.3, 0.4) is 0 Å². The molecule has 5 unspecified atom stereocenters. The Bertz CT molecular complexity index is 646. The molecule has 24 heavy (non-hydrogen) atoms. The van der Waals surface area contributed by atoms with Crippen LogP contribution in [0.15, 0.2) is 36.0 Å². The molecule has 5 atom stereocenters. The van der Waals surface area contributed by atoms with Crippen molar-refractivity contribution in [3.8, 4) is 0 Å². The SMILES string of the molecule is C=C(C)C(=O)OC1CC2(C)OC2CCC(C)=CC2OC(=O)C(=C)C21. The van der Waals surface area contributed by atoms with Crippen molar-refractivity contribution >= 4 is 11.9 Å². The van der Waals surface area contributed by atoms with E-state index in [0.29, 0.717) is 17.6 Å². The lowest BCUT2D eigenvalue weighted by atomic mass is 9.82. The lowest BCUT2D eigenvalue weighted by molar-refractivity contribution is -0.148. The third-order valence-electron chi connectivity index (χ3n) is 5.16. The van der Waals surface area contributed by atoms with Crippen molar-refractivity contribution in [2.45, 2.75) is 63.9 Å². The van der Waals surface area contributed by atoms with E-state index in [1.54, 1.807) is 6.92 Å². The number of ether oxygens (including phenoxy) is 3. The fraction of sp³-hybridized carbons (Fsp3) is 0.579. The van der Waals surface area contributed by atoms with E-state index in [1.807, 2.05) is 19.9 Å². The Morgan fingerprint density at radius 1 is 1.46 bits per heavy atom. The van der Waals surface area contributed by atoms with Crippen molar-refractivity contribution < 1.29 is 23.8 Å². The molecule has 2 fully saturated rings. The fourth-order valence-corrected chi connectivity index (χ4v) is 3.62. The number of rotatable bonds is 2. The van der Waals surface area contributed by atoms with Gasteiger partial charge in [0.15, 0.2) is 0 Å². The van der Waals surface area contributed by atoms with Crippen LogP contribution in [0.25, 0.3) is 0 Å². The maximum atomic E-state index is 12.1. The fourth-order valence-electron chi connectivity index (χ4n) is 3.62. The quantitative estimate of drug-likeness (QED) is 0.337. The molecular weight excluding hydrogens is 308 g/mol. The molecule has 0 aromatic heterocycles. The van der Waals surface area contributed by atoms with Crippen molar-refractivity contribution in [3.05, 3.63) is 36.0 Å². The van der Waals surface area contributed by atoms with E-state index in [-0.39, 0.29) is 11.7 Å². The first kappa shape index (κ1) is 17.0. The highest BCUT2D eigenvalue weighted by molar-refractivity contribution is 5.91. The predicted octanol–water partition coefficient (Wildman–Crippen LogP) is 2.86. The smallest absolute Gasteiger partial charge is 0.334 e. The van der Waals surface area contributed by atoms with Crippen molar-refractivity contribution in [3.63, 3.8) is 0 Å². The monoisotopic (exact) mass is 332 g/mol. The van der Waals surface area contributed by atoms with Crippen LogP contribution < -0.4 is 0 Å². The van der Waals surface area contributed by atoms with Gasteiger partial charge in [-0.05, 0) is 39.7 Å². The average Bonchev–Trinajstić information content (AvgIpc) is 3.04. The minimum absolute atomic E-state index is 0.148. The van der Waals surface area contributed by atoms with Crippen LogP contribution in [-0.2, 0) is 23.8 Å². The zero-order chi connectivity index (χ0) is 17.6. The van der Waals surface area contributed by atoms with Gasteiger partial charge in [-0.25, -0.2) is 9.59 Å². The molecule has 0 aromatic carbocycles. The molecule has 3 rings (SSSR count). The molecule has 130 valence electrons. The Hall–Kier alpha value is -1.88. The summed E-state index contributed by atoms with van der Waals surface area (Å²) in [6, 6.07) is 0. The van der Waals surface area contributed by atoms with Gasteiger partial charge >= 0.3 is 11.9 Å². The molecule has 1 aliphatic carbocycles. The molecule has 0 N–H and O–H groups in total. The first-order valence-electron chi connectivity index (χ1n) is 8.32. The number of carbonyl (C=O) groups is 2. The highest BCUT2D eigenvalue weighted by Crippen LogP contribution is 2.47. The molecule has 0 radical (unpaired) electrons. The summed E-state index contributed by atoms with van der Waals surface area (Å²) >= 11 is 0. The lowest BCUT2D eigenvalue weighted by Crippen LogP contribution is -2.37. The van der Waals surface area contributed by atoms with Gasteiger partial charge in [0.05, 0.1) is 17.6 Å². The summed E-state index contributed by atoms with van der Waals surface area (Å²) in [5.74, 6) is -1.29. The summed E-state index contributed by atoms with van der Waals surface area (Å²) in [6.45, 7) is 13.2. The minimum atomic E-state index is -0.532. The van der Waals surface area contributed by atoms with E-state index in [4.69, 9.17) is 14.2 Å². The van der Waals surface area contributed by atoms with Crippen LogP contribution >= 0.6 is 0 Å². The number of allylic oxidation sites excluding steroid dienone is 1. The van der Waals surface area contributed by atoms with Crippen molar-refractivity contribution in [2.75, 3.05) is 0 Å². The van der Waals surface area contributed by atoms with Crippen molar-refractivity contribution in [1.29, 1.82) is 0 Å². The van der Waals surface area contributed by atoms with E-state index < -0.39 is 30.1 Å². The van der Waals surface area contributed by atoms with Gasteiger partial charge in [-0.1, -0.05) is 18.7 Å². The number of epoxide rings is 1. The minimum Gasteiger partial charge on any atom is -0.458 e. The van der Waals surface area contributed by atoms with Gasteiger partial charge in [0.1, 0.15) is 12.2 Å². The number of hydrogen-bond donors (Lipinski definition) is 0.